The van der Waals surface area contributed by atoms with E-state index in [0.29, 0.717) is 46.7 Å². The van der Waals surface area contributed by atoms with Crippen LogP contribution in [0.4, 0.5) is 0 Å². The van der Waals surface area contributed by atoms with Crippen LogP contribution in [0.2, 0.25) is 10.0 Å². The molecule has 5 nitrogen and oxygen atoms in total. The molecule has 150 valence electrons. The Balaban J connectivity index is 1.46. The number of rotatable bonds is 3. The number of Topliss-reactive ketones (excluding diaryl/α,β-unsaturated/α-hetero) is 1. The Morgan fingerprint density at radius 2 is 1.93 bits per heavy atom. The summed E-state index contributed by atoms with van der Waals surface area (Å²) in [5.41, 5.74) is 3.00. The normalized spacial score (nSPS) is 16.7. The zero-order valence-corrected chi connectivity index (χ0v) is 17.3. The monoisotopic (exact) mass is 438 g/mol. The Hall–Kier alpha value is -2.86. The summed E-state index contributed by atoms with van der Waals surface area (Å²) in [4.78, 5) is 19.2. The van der Waals surface area contributed by atoms with Crippen molar-refractivity contribution in [3.05, 3.63) is 92.9 Å². The average Bonchev–Trinajstić information content (AvgIpc) is 3.07. The van der Waals surface area contributed by atoms with Gasteiger partial charge >= 0.3 is 0 Å². The first-order valence-corrected chi connectivity index (χ1v) is 10.1. The molecule has 0 bridgehead atoms. The number of carbonyl (C=O) groups excluding carboxylic acids is 1. The third-order valence-electron chi connectivity index (χ3n) is 5.09. The molecule has 0 spiro atoms. The Bertz CT molecular complexity index is 1160. The second kappa shape index (κ2) is 7.76. The number of halogens is 2. The standard InChI is InChI=1S/C23H16Cl2N2O3/c24-18-4-1-5-19(25)16(18)9-21-22(28)15-6-7-20-17(23(15)30-21)12-27(13-29-20)11-14-3-2-8-26-10-14/h1-10H,11-13H2/b21-9-. The fourth-order valence-corrected chi connectivity index (χ4v) is 4.14. The lowest BCUT2D eigenvalue weighted by Gasteiger charge is -2.29. The molecule has 0 atom stereocenters. The summed E-state index contributed by atoms with van der Waals surface area (Å²) < 4.78 is 11.9. The minimum absolute atomic E-state index is 0.192. The number of fused-ring (bicyclic) bond motifs is 3. The van der Waals surface area contributed by atoms with E-state index >= 15 is 0 Å². The third-order valence-corrected chi connectivity index (χ3v) is 5.75. The van der Waals surface area contributed by atoms with Crippen molar-refractivity contribution in [2.45, 2.75) is 13.1 Å². The van der Waals surface area contributed by atoms with E-state index in [-0.39, 0.29) is 11.5 Å². The van der Waals surface area contributed by atoms with Crippen molar-refractivity contribution in [2.75, 3.05) is 6.73 Å². The minimum atomic E-state index is -0.201. The molecule has 0 saturated carbocycles. The minimum Gasteiger partial charge on any atom is -0.478 e. The number of ketones is 1. The maximum absolute atomic E-state index is 12.9. The van der Waals surface area contributed by atoms with Crippen LogP contribution in [-0.2, 0) is 13.1 Å². The van der Waals surface area contributed by atoms with Crippen molar-refractivity contribution in [1.82, 2.24) is 9.88 Å². The molecule has 2 aliphatic rings. The molecule has 30 heavy (non-hydrogen) atoms. The van der Waals surface area contributed by atoms with Crippen LogP contribution in [0.5, 0.6) is 11.5 Å². The number of nitrogens with zero attached hydrogens (tertiary/aromatic N) is 2. The number of carbonyl (C=O) groups is 1. The van der Waals surface area contributed by atoms with E-state index in [0.717, 1.165) is 16.9 Å². The van der Waals surface area contributed by atoms with Crippen LogP contribution in [0.1, 0.15) is 27.0 Å². The number of allylic oxidation sites excluding steroid dienone is 1. The molecule has 3 heterocycles. The molecule has 0 saturated heterocycles. The van der Waals surface area contributed by atoms with Gasteiger partial charge in [0.15, 0.2) is 5.76 Å². The van der Waals surface area contributed by atoms with E-state index in [4.69, 9.17) is 32.7 Å². The molecule has 0 aliphatic carbocycles. The number of benzene rings is 2. The first kappa shape index (κ1) is 19.1. The number of hydrogen-bond acceptors (Lipinski definition) is 5. The van der Waals surface area contributed by atoms with Gasteiger partial charge in [-0.15, -0.1) is 0 Å². The van der Waals surface area contributed by atoms with Gasteiger partial charge in [0.2, 0.25) is 5.78 Å². The zero-order valence-electron chi connectivity index (χ0n) is 15.8. The van der Waals surface area contributed by atoms with Crippen LogP contribution in [0.3, 0.4) is 0 Å². The molecular weight excluding hydrogens is 423 g/mol. The van der Waals surface area contributed by atoms with Gasteiger partial charge in [0.1, 0.15) is 18.2 Å². The molecular formula is C23H16Cl2N2O3. The van der Waals surface area contributed by atoms with Gasteiger partial charge in [0.25, 0.3) is 0 Å². The number of pyridine rings is 1. The van der Waals surface area contributed by atoms with Crippen molar-refractivity contribution in [2.24, 2.45) is 0 Å². The second-order valence-corrected chi connectivity index (χ2v) is 7.93. The average molecular weight is 439 g/mol. The Labute approximate surface area is 183 Å². The van der Waals surface area contributed by atoms with Crippen molar-refractivity contribution in [3.63, 3.8) is 0 Å². The topological polar surface area (TPSA) is 51.7 Å². The lowest BCUT2D eigenvalue weighted by atomic mass is 10.0. The van der Waals surface area contributed by atoms with Gasteiger partial charge in [-0.05, 0) is 42.0 Å². The van der Waals surface area contributed by atoms with Gasteiger partial charge in [-0.2, -0.15) is 0 Å². The highest BCUT2D eigenvalue weighted by Crippen LogP contribution is 2.42. The molecule has 0 amide bonds. The van der Waals surface area contributed by atoms with E-state index in [1.54, 1.807) is 36.5 Å². The van der Waals surface area contributed by atoms with Crippen LogP contribution < -0.4 is 9.47 Å². The number of aromatic nitrogens is 1. The van der Waals surface area contributed by atoms with Gasteiger partial charge in [0, 0.05) is 41.1 Å². The Morgan fingerprint density at radius 1 is 1.10 bits per heavy atom. The van der Waals surface area contributed by atoms with Crippen LogP contribution in [0.15, 0.2) is 60.6 Å². The molecule has 5 rings (SSSR count). The maximum Gasteiger partial charge on any atom is 0.231 e. The Kier molecular flexibility index (Phi) is 4.95. The SMILES string of the molecule is O=C1/C(=C/c2c(Cl)cccc2Cl)Oc2c1ccc1c2CN(Cc2cccnc2)CO1. The van der Waals surface area contributed by atoms with Crippen molar-refractivity contribution < 1.29 is 14.3 Å². The summed E-state index contributed by atoms with van der Waals surface area (Å²) in [6.07, 6.45) is 5.17. The first-order chi connectivity index (χ1) is 14.6. The van der Waals surface area contributed by atoms with E-state index in [1.165, 1.54) is 0 Å². The smallest absolute Gasteiger partial charge is 0.231 e. The summed E-state index contributed by atoms with van der Waals surface area (Å²) in [5, 5.41) is 0.908. The largest absolute Gasteiger partial charge is 0.478 e. The van der Waals surface area contributed by atoms with Crippen molar-refractivity contribution in [3.8, 4) is 11.5 Å². The molecule has 1 aromatic heterocycles. The summed E-state index contributed by atoms with van der Waals surface area (Å²) in [5.74, 6) is 1.25. The molecule has 0 radical (unpaired) electrons. The molecule has 2 aromatic carbocycles. The predicted molar refractivity (Wildman–Crippen MR) is 115 cm³/mol. The van der Waals surface area contributed by atoms with Gasteiger partial charge in [-0.25, -0.2) is 0 Å². The highest BCUT2D eigenvalue weighted by atomic mass is 35.5. The van der Waals surface area contributed by atoms with Crippen LogP contribution >= 0.6 is 23.2 Å². The highest BCUT2D eigenvalue weighted by molar-refractivity contribution is 6.37. The van der Waals surface area contributed by atoms with Crippen LogP contribution in [0, 0.1) is 0 Å². The fraction of sp³-hybridized carbons (Fsp3) is 0.130. The lowest BCUT2D eigenvalue weighted by molar-refractivity contribution is 0.0872. The maximum atomic E-state index is 12.9. The van der Waals surface area contributed by atoms with Gasteiger partial charge in [0.05, 0.1) is 11.1 Å². The van der Waals surface area contributed by atoms with Gasteiger partial charge in [-0.1, -0.05) is 35.3 Å². The molecule has 0 fully saturated rings. The van der Waals surface area contributed by atoms with Crippen LogP contribution in [0.25, 0.3) is 6.08 Å². The summed E-state index contributed by atoms with van der Waals surface area (Å²) in [7, 11) is 0. The molecule has 0 unspecified atom stereocenters. The summed E-state index contributed by atoms with van der Waals surface area (Å²) in [6.45, 7) is 1.73. The van der Waals surface area contributed by atoms with E-state index < -0.39 is 0 Å². The van der Waals surface area contributed by atoms with Crippen molar-refractivity contribution >= 4 is 35.1 Å². The first-order valence-electron chi connectivity index (χ1n) is 9.38. The number of hydrogen-bond donors (Lipinski definition) is 0. The molecule has 0 N–H and O–H groups in total. The molecule has 3 aromatic rings. The highest BCUT2D eigenvalue weighted by Gasteiger charge is 2.33. The van der Waals surface area contributed by atoms with Gasteiger partial charge < -0.3 is 9.47 Å². The summed E-state index contributed by atoms with van der Waals surface area (Å²) >= 11 is 12.5. The van der Waals surface area contributed by atoms with Gasteiger partial charge in [-0.3, -0.25) is 14.7 Å². The fourth-order valence-electron chi connectivity index (χ4n) is 3.64. The third kappa shape index (κ3) is 3.45. The molecule has 7 heteroatoms. The zero-order chi connectivity index (χ0) is 20.7. The number of ether oxygens (including phenoxy) is 2. The van der Waals surface area contributed by atoms with E-state index in [2.05, 4.69) is 9.88 Å². The lowest BCUT2D eigenvalue weighted by Crippen LogP contribution is -2.31. The quantitative estimate of drug-likeness (QED) is 0.515. The van der Waals surface area contributed by atoms with E-state index in [1.807, 2.05) is 24.4 Å². The predicted octanol–water partition coefficient (Wildman–Crippen LogP) is 5.36. The van der Waals surface area contributed by atoms with Crippen molar-refractivity contribution in [1.29, 1.82) is 0 Å². The second-order valence-electron chi connectivity index (χ2n) is 7.12. The van der Waals surface area contributed by atoms with Crippen LogP contribution in [-0.4, -0.2) is 22.4 Å². The summed E-state index contributed by atoms with van der Waals surface area (Å²) in [6, 6.07) is 12.7. The van der Waals surface area contributed by atoms with E-state index in [9.17, 15) is 4.79 Å². The Morgan fingerprint density at radius 3 is 2.70 bits per heavy atom. The molecule has 2 aliphatic heterocycles.